The number of benzene rings is 1. The van der Waals surface area contributed by atoms with Gasteiger partial charge < -0.3 is 15.5 Å². The Balaban J connectivity index is 1.45. The van der Waals surface area contributed by atoms with E-state index in [1.54, 1.807) is 0 Å². The Hall–Kier alpha value is -2.56. The van der Waals surface area contributed by atoms with Gasteiger partial charge >= 0.3 is 6.03 Å². The Morgan fingerprint density at radius 2 is 1.70 bits per heavy atom. The maximum atomic E-state index is 12.4. The maximum absolute atomic E-state index is 12.4. The molecule has 1 aromatic heterocycles. The van der Waals surface area contributed by atoms with E-state index in [1.165, 1.54) is 5.56 Å². The van der Waals surface area contributed by atoms with Gasteiger partial charge in [0.2, 0.25) is 0 Å². The summed E-state index contributed by atoms with van der Waals surface area (Å²) in [6, 6.07) is 14.6. The van der Waals surface area contributed by atoms with Crippen LogP contribution >= 0.6 is 0 Å². The standard InChI is InChI=1S/C22H30N4O/c1-16(2)18-7-9-19(10-8-18)17(3)24-22(27)25-20-11-14-26(15-12-20)21-6-4-5-13-23-21/h4-10,13,16-17,20H,11-12,14-15H2,1-3H3,(H2,24,25,27). The molecule has 0 radical (unpaired) electrons. The Kier molecular flexibility index (Phi) is 6.32. The molecule has 1 aliphatic rings. The van der Waals surface area contributed by atoms with Crippen molar-refractivity contribution in [2.24, 2.45) is 0 Å². The van der Waals surface area contributed by atoms with Gasteiger partial charge in [-0.15, -0.1) is 0 Å². The predicted molar refractivity (Wildman–Crippen MR) is 110 cm³/mol. The summed E-state index contributed by atoms with van der Waals surface area (Å²) in [5.41, 5.74) is 2.44. The first-order valence-electron chi connectivity index (χ1n) is 9.86. The zero-order chi connectivity index (χ0) is 19.2. The van der Waals surface area contributed by atoms with E-state index in [9.17, 15) is 4.79 Å². The fourth-order valence-corrected chi connectivity index (χ4v) is 3.47. The van der Waals surface area contributed by atoms with Crippen molar-refractivity contribution in [2.45, 2.75) is 51.6 Å². The Morgan fingerprint density at radius 1 is 1.04 bits per heavy atom. The lowest BCUT2D eigenvalue weighted by molar-refractivity contribution is 0.231. The van der Waals surface area contributed by atoms with Gasteiger partial charge in [-0.25, -0.2) is 9.78 Å². The molecule has 1 saturated heterocycles. The van der Waals surface area contributed by atoms with E-state index >= 15 is 0 Å². The SMILES string of the molecule is CC(C)c1ccc(C(C)NC(=O)NC2CCN(c3ccccn3)CC2)cc1. The average molecular weight is 367 g/mol. The number of hydrogen-bond donors (Lipinski definition) is 2. The average Bonchev–Trinajstić information content (AvgIpc) is 2.69. The van der Waals surface area contributed by atoms with Crippen LogP contribution in [0.4, 0.5) is 10.6 Å². The molecular formula is C22H30N4O. The van der Waals surface area contributed by atoms with Crippen LogP contribution < -0.4 is 15.5 Å². The lowest BCUT2D eigenvalue weighted by Crippen LogP contribution is -2.48. The molecule has 1 aliphatic heterocycles. The summed E-state index contributed by atoms with van der Waals surface area (Å²) in [6.45, 7) is 8.21. The Bertz CT molecular complexity index is 722. The van der Waals surface area contributed by atoms with Crippen LogP contribution in [0.15, 0.2) is 48.7 Å². The van der Waals surface area contributed by atoms with Gasteiger partial charge in [0.1, 0.15) is 5.82 Å². The van der Waals surface area contributed by atoms with Crippen molar-refractivity contribution in [3.05, 3.63) is 59.8 Å². The molecule has 1 fully saturated rings. The third-order valence-electron chi connectivity index (χ3n) is 5.25. The molecule has 5 heteroatoms. The third-order valence-corrected chi connectivity index (χ3v) is 5.25. The molecule has 0 saturated carbocycles. The number of pyridine rings is 1. The van der Waals surface area contributed by atoms with Crippen molar-refractivity contribution < 1.29 is 4.79 Å². The third kappa shape index (κ3) is 5.22. The molecule has 1 aromatic carbocycles. The summed E-state index contributed by atoms with van der Waals surface area (Å²) in [7, 11) is 0. The zero-order valence-corrected chi connectivity index (χ0v) is 16.5. The quantitative estimate of drug-likeness (QED) is 0.832. The summed E-state index contributed by atoms with van der Waals surface area (Å²) < 4.78 is 0. The number of hydrogen-bond acceptors (Lipinski definition) is 3. The van der Waals surface area contributed by atoms with E-state index in [2.05, 4.69) is 58.6 Å². The number of urea groups is 1. The van der Waals surface area contributed by atoms with E-state index < -0.39 is 0 Å². The fraction of sp³-hybridized carbons (Fsp3) is 0.455. The van der Waals surface area contributed by atoms with Crippen LogP contribution in [-0.4, -0.2) is 30.1 Å². The highest BCUT2D eigenvalue weighted by Crippen LogP contribution is 2.19. The van der Waals surface area contributed by atoms with E-state index in [4.69, 9.17) is 0 Å². The van der Waals surface area contributed by atoms with Crippen molar-refractivity contribution >= 4 is 11.8 Å². The highest BCUT2D eigenvalue weighted by atomic mass is 16.2. The first-order chi connectivity index (χ1) is 13.0. The maximum Gasteiger partial charge on any atom is 0.315 e. The highest BCUT2D eigenvalue weighted by molar-refractivity contribution is 5.74. The monoisotopic (exact) mass is 366 g/mol. The molecule has 2 aromatic rings. The van der Waals surface area contributed by atoms with E-state index in [0.29, 0.717) is 5.92 Å². The van der Waals surface area contributed by atoms with Crippen LogP contribution in [0.25, 0.3) is 0 Å². The van der Waals surface area contributed by atoms with E-state index in [1.807, 2.05) is 31.3 Å². The van der Waals surface area contributed by atoms with Crippen molar-refractivity contribution in [1.82, 2.24) is 15.6 Å². The van der Waals surface area contributed by atoms with Gasteiger partial charge in [-0.3, -0.25) is 0 Å². The van der Waals surface area contributed by atoms with E-state index in [0.717, 1.165) is 37.3 Å². The molecule has 5 nitrogen and oxygen atoms in total. The number of anilines is 1. The predicted octanol–water partition coefficient (Wildman–Crippen LogP) is 4.23. The minimum atomic E-state index is -0.0910. The van der Waals surface area contributed by atoms with Crippen molar-refractivity contribution in [3.63, 3.8) is 0 Å². The second-order valence-corrected chi connectivity index (χ2v) is 7.61. The van der Waals surface area contributed by atoms with Crippen LogP contribution in [0.2, 0.25) is 0 Å². The fourth-order valence-electron chi connectivity index (χ4n) is 3.47. The Morgan fingerprint density at radius 3 is 2.30 bits per heavy atom. The van der Waals surface area contributed by atoms with Gasteiger partial charge in [0.25, 0.3) is 0 Å². The second kappa shape index (κ2) is 8.89. The van der Waals surface area contributed by atoms with Crippen molar-refractivity contribution in [1.29, 1.82) is 0 Å². The van der Waals surface area contributed by atoms with Crippen LogP contribution in [0.3, 0.4) is 0 Å². The summed E-state index contributed by atoms with van der Waals surface area (Å²) in [5, 5.41) is 6.18. The molecule has 0 spiro atoms. The van der Waals surface area contributed by atoms with E-state index in [-0.39, 0.29) is 18.1 Å². The van der Waals surface area contributed by atoms with Gasteiger partial charge in [-0.1, -0.05) is 44.2 Å². The number of nitrogens with one attached hydrogen (secondary N) is 2. The molecule has 3 rings (SSSR count). The van der Waals surface area contributed by atoms with Gasteiger partial charge in [-0.05, 0) is 48.9 Å². The molecule has 1 unspecified atom stereocenters. The zero-order valence-electron chi connectivity index (χ0n) is 16.5. The van der Waals surface area contributed by atoms with Crippen molar-refractivity contribution in [2.75, 3.05) is 18.0 Å². The lowest BCUT2D eigenvalue weighted by Gasteiger charge is -2.33. The number of aromatic nitrogens is 1. The summed E-state index contributed by atoms with van der Waals surface area (Å²) in [4.78, 5) is 19.1. The number of nitrogens with zero attached hydrogens (tertiary/aromatic N) is 2. The molecule has 2 amide bonds. The topological polar surface area (TPSA) is 57.3 Å². The number of rotatable bonds is 5. The van der Waals surface area contributed by atoms with Crippen LogP contribution in [0, 0.1) is 0 Å². The molecule has 0 aliphatic carbocycles. The minimum absolute atomic E-state index is 0.0141. The van der Waals surface area contributed by atoms with Crippen LogP contribution in [0.5, 0.6) is 0 Å². The Labute approximate surface area is 162 Å². The molecule has 0 bridgehead atoms. The largest absolute Gasteiger partial charge is 0.356 e. The highest BCUT2D eigenvalue weighted by Gasteiger charge is 2.22. The number of carbonyl (C=O) groups is 1. The van der Waals surface area contributed by atoms with Gasteiger partial charge in [0.05, 0.1) is 6.04 Å². The number of carbonyl (C=O) groups excluding carboxylic acids is 1. The van der Waals surface area contributed by atoms with Gasteiger partial charge in [0, 0.05) is 25.3 Å². The molecule has 2 heterocycles. The minimum Gasteiger partial charge on any atom is -0.356 e. The molecule has 1 atom stereocenters. The smallest absolute Gasteiger partial charge is 0.315 e. The summed E-state index contributed by atoms with van der Waals surface area (Å²) in [5.74, 6) is 1.53. The number of piperidine rings is 1. The first kappa shape index (κ1) is 19.2. The van der Waals surface area contributed by atoms with Gasteiger partial charge in [0.15, 0.2) is 0 Å². The second-order valence-electron chi connectivity index (χ2n) is 7.61. The normalized spacial score (nSPS) is 16.2. The lowest BCUT2D eigenvalue weighted by atomic mass is 10.00. The molecular weight excluding hydrogens is 336 g/mol. The van der Waals surface area contributed by atoms with Crippen LogP contribution in [-0.2, 0) is 0 Å². The number of amides is 2. The van der Waals surface area contributed by atoms with Crippen LogP contribution in [0.1, 0.15) is 56.7 Å². The molecule has 27 heavy (non-hydrogen) atoms. The molecule has 144 valence electrons. The summed E-state index contributed by atoms with van der Waals surface area (Å²) >= 11 is 0. The first-order valence-corrected chi connectivity index (χ1v) is 9.86. The van der Waals surface area contributed by atoms with Crippen molar-refractivity contribution in [3.8, 4) is 0 Å². The molecule has 2 N–H and O–H groups in total. The van der Waals surface area contributed by atoms with Gasteiger partial charge in [-0.2, -0.15) is 0 Å². The summed E-state index contributed by atoms with van der Waals surface area (Å²) in [6.07, 6.45) is 3.69.